The van der Waals surface area contributed by atoms with E-state index in [1.165, 1.54) is 0 Å². The maximum Gasteiger partial charge on any atom is 0.314 e. The molecule has 0 saturated heterocycles. The van der Waals surface area contributed by atoms with Gasteiger partial charge in [-0.05, 0) is 18.2 Å². The largest absolute Gasteiger partial charge is 0.442 e. The fourth-order valence-corrected chi connectivity index (χ4v) is 2.28. The molecule has 1 unspecified atom stereocenters. The number of halogens is 3. The number of hydrogen-bond acceptors (Lipinski definition) is 6. The maximum atomic E-state index is 12.5. The first-order valence-electron chi connectivity index (χ1n) is 6.73. The van der Waals surface area contributed by atoms with Crippen LogP contribution in [0.25, 0.3) is 0 Å². The molecule has 0 bridgehead atoms. The van der Waals surface area contributed by atoms with Crippen molar-refractivity contribution in [1.82, 2.24) is 10.6 Å². The van der Waals surface area contributed by atoms with Gasteiger partial charge in [-0.15, -0.1) is 5.10 Å². The molecular formula is C14H13ClF2N4O2. The molecule has 1 aromatic heterocycles. The summed E-state index contributed by atoms with van der Waals surface area (Å²) in [5.74, 6) is -0.386. The fraction of sp³-hybridized carbons (Fsp3) is 0.286. The van der Waals surface area contributed by atoms with Gasteiger partial charge in [-0.2, -0.15) is 8.78 Å². The lowest BCUT2D eigenvalue weighted by atomic mass is 10.2. The van der Waals surface area contributed by atoms with E-state index >= 15 is 0 Å². The van der Waals surface area contributed by atoms with Gasteiger partial charge in [0.25, 0.3) is 5.90 Å². The summed E-state index contributed by atoms with van der Waals surface area (Å²) in [7, 11) is 1.88. The van der Waals surface area contributed by atoms with Gasteiger partial charge in [0, 0.05) is 23.8 Å². The lowest BCUT2D eigenvalue weighted by Crippen LogP contribution is -2.16. The quantitative estimate of drug-likeness (QED) is 0.904. The van der Waals surface area contributed by atoms with E-state index in [4.69, 9.17) is 20.9 Å². The minimum absolute atomic E-state index is 0.277. The molecule has 2 aromatic rings. The number of alkyl halides is 2. The highest BCUT2D eigenvalue weighted by atomic mass is 35.5. The van der Waals surface area contributed by atoms with Gasteiger partial charge in [0.05, 0.1) is 6.54 Å². The number of anilines is 1. The predicted molar refractivity (Wildman–Crippen MR) is 80.5 cm³/mol. The lowest BCUT2D eigenvalue weighted by molar-refractivity contribution is 0.113. The van der Waals surface area contributed by atoms with E-state index in [2.05, 4.69) is 15.7 Å². The second-order valence-electron chi connectivity index (χ2n) is 4.93. The molecule has 1 aliphatic heterocycles. The Bertz CT molecular complexity index is 722. The van der Waals surface area contributed by atoms with E-state index in [0.717, 1.165) is 5.69 Å². The third-order valence-electron chi connectivity index (χ3n) is 3.20. The molecule has 122 valence electrons. The van der Waals surface area contributed by atoms with Crippen LogP contribution < -0.4 is 10.3 Å². The Kier molecular flexibility index (Phi) is 4.33. The van der Waals surface area contributed by atoms with Crippen LogP contribution in [0.15, 0.2) is 40.0 Å². The van der Waals surface area contributed by atoms with Crippen molar-refractivity contribution in [1.29, 1.82) is 0 Å². The third-order valence-corrected chi connectivity index (χ3v) is 3.44. The number of nitrogens with one attached hydrogen (secondary N) is 1. The highest BCUT2D eigenvalue weighted by molar-refractivity contribution is 6.30. The molecule has 1 atom stereocenters. The van der Waals surface area contributed by atoms with Crippen LogP contribution in [0.1, 0.15) is 17.7 Å². The number of benzene rings is 1. The van der Waals surface area contributed by atoms with Crippen molar-refractivity contribution < 1.29 is 18.0 Å². The SMILES string of the molecule is CN(Cc1cc(C2NN=C(C(F)F)O2)on1)c1cccc(Cl)c1. The summed E-state index contributed by atoms with van der Waals surface area (Å²) in [4.78, 5) is 1.93. The Morgan fingerprint density at radius 1 is 1.39 bits per heavy atom. The average Bonchev–Trinajstić information content (AvgIpc) is 3.15. The molecule has 6 nitrogen and oxygen atoms in total. The summed E-state index contributed by atoms with van der Waals surface area (Å²) in [5, 5.41) is 7.95. The van der Waals surface area contributed by atoms with Gasteiger partial charge < -0.3 is 14.2 Å². The first kappa shape index (κ1) is 15.5. The molecular weight excluding hydrogens is 330 g/mol. The maximum absolute atomic E-state index is 12.5. The first-order chi connectivity index (χ1) is 11.0. The summed E-state index contributed by atoms with van der Waals surface area (Å²) in [6, 6.07) is 9.01. The molecule has 0 radical (unpaired) electrons. The van der Waals surface area contributed by atoms with Crippen LogP contribution >= 0.6 is 11.6 Å². The normalized spacial score (nSPS) is 16.9. The zero-order chi connectivity index (χ0) is 16.4. The molecule has 0 amide bonds. The fourth-order valence-electron chi connectivity index (χ4n) is 2.09. The van der Waals surface area contributed by atoms with Gasteiger partial charge in [0.15, 0.2) is 5.76 Å². The number of aromatic nitrogens is 1. The van der Waals surface area contributed by atoms with Crippen molar-refractivity contribution in [3.8, 4) is 0 Å². The minimum Gasteiger partial charge on any atom is -0.442 e. The molecule has 0 spiro atoms. The van der Waals surface area contributed by atoms with Crippen LogP contribution in [0.5, 0.6) is 0 Å². The van der Waals surface area contributed by atoms with Crippen molar-refractivity contribution in [2.24, 2.45) is 5.10 Å². The van der Waals surface area contributed by atoms with E-state index in [1.807, 2.05) is 30.1 Å². The summed E-state index contributed by atoms with van der Waals surface area (Å²) < 4.78 is 35.0. The van der Waals surface area contributed by atoms with E-state index in [1.54, 1.807) is 12.1 Å². The van der Waals surface area contributed by atoms with Crippen molar-refractivity contribution in [2.45, 2.75) is 19.2 Å². The Balaban J connectivity index is 1.64. The number of hydrazone groups is 1. The van der Waals surface area contributed by atoms with Crippen LogP contribution in [0, 0.1) is 0 Å². The molecule has 1 aliphatic rings. The van der Waals surface area contributed by atoms with Crippen LogP contribution in [0.2, 0.25) is 5.02 Å². The zero-order valence-corrected chi connectivity index (χ0v) is 12.8. The highest BCUT2D eigenvalue weighted by Crippen LogP contribution is 2.24. The predicted octanol–water partition coefficient (Wildman–Crippen LogP) is 3.16. The second kappa shape index (κ2) is 6.41. The molecule has 1 N–H and O–H groups in total. The van der Waals surface area contributed by atoms with Crippen molar-refractivity contribution in [2.75, 3.05) is 11.9 Å². The second-order valence-corrected chi connectivity index (χ2v) is 5.37. The van der Waals surface area contributed by atoms with E-state index in [9.17, 15) is 8.78 Å². The number of rotatable bonds is 5. The van der Waals surface area contributed by atoms with E-state index in [-0.39, 0.29) is 5.76 Å². The van der Waals surface area contributed by atoms with Gasteiger partial charge in [0.2, 0.25) is 6.23 Å². The molecule has 1 aromatic carbocycles. The van der Waals surface area contributed by atoms with Crippen LogP contribution in [-0.2, 0) is 11.3 Å². The molecule has 0 saturated carbocycles. The third kappa shape index (κ3) is 3.53. The molecule has 23 heavy (non-hydrogen) atoms. The van der Waals surface area contributed by atoms with Crippen LogP contribution in [0.3, 0.4) is 0 Å². The Hall–Kier alpha value is -2.35. The van der Waals surface area contributed by atoms with Crippen LogP contribution in [0.4, 0.5) is 14.5 Å². The summed E-state index contributed by atoms with van der Waals surface area (Å²) in [5.41, 5.74) is 3.97. The van der Waals surface area contributed by atoms with Gasteiger partial charge in [-0.25, -0.2) is 0 Å². The smallest absolute Gasteiger partial charge is 0.314 e. The number of nitrogens with zero attached hydrogens (tertiary/aromatic N) is 3. The standard InChI is InChI=1S/C14H13ClF2N4O2/c1-21(10-4-2-3-8(15)5-10)7-9-6-11(23-20-9)13-18-19-14(22-13)12(16)17/h2-6,12-13,18H,7H2,1H3. The van der Waals surface area contributed by atoms with Gasteiger partial charge >= 0.3 is 6.43 Å². The Morgan fingerprint density at radius 2 is 2.22 bits per heavy atom. The van der Waals surface area contributed by atoms with E-state index < -0.39 is 18.6 Å². The Labute approximate surface area is 135 Å². The molecule has 3 rings (SSSR count). The van der Waals surface area contributed by atoms with E-state index in [0.29, 0.717) is 17.3 Å². The molecule has 0 aliphatic carbocycles. The molecule has 9 heteroatoms. The average molecular weight is 343 g/mol. The Morgan fingerprint density at radius 3 is 2.91 bits per heavy atom. The number of ether oxygens (including phenoxy) is 1. The van der Waals surface area contributed by atoms with Crippen molar-refractivity contribution in [3.63, 3.8) is 0 Å². The highest BCUT2D eigenvalue weighted by Gasteiger charge is 2.30. The van der Waals surface area contributed by atoms with Crippen LogP contribution in [-0.4, -0.2) is 24.5 Å². The molecule has 0 fully saturated rings. The van der Waals surface area contributed by atoms with Gasteiger partial charge in [-0.1, -0.05) is 22.8 Å². The summed E-state index contributed by atoms with van der Waals surface area (Å²) >= 11 is 5.96. The lowest BCUT2D eigenvalue weighted by Gasteiger charge is -2.17. The van der Waals surface area contributed by atoms with Gasteiger partial charge in [0.1, 0.15) is 5.69 Å². The number of hydrogen-bond donors (Lipinski definition) is 1. The van der Waals surface area contributed by atoms with Gasteiger partial charge in [-0.3, -0.25) is 5.43 Å². The minimum atomic E-state index is -2.77. The molecule has 2 heterocycles. The first-order valence-corrected chi connectivity index (χ1v) is 7.11. The summed E-state index contributed by atoms with van der Waals surface area (Å²) in [6.45, 7) is 0.457. The summed E-state index contributed by atoms with van der Waals surface area (Å²) in [6.07, 6.45) is -3.67. The zero-order valence-electron chi connectivity index (χ0n) is 12.0. The monoisotopic (exact) mass is 342 g/mol. The van der Waals surface area contributed by atoms with Crippen molar-refractivity contribution in [3.05, 3.63) is 46.8 Å². The topological polar surface area (TPSA) is 62.9 Å². The van der Waals surface area contributed by atoms with Crippen molar-refractivity contribution >= 4 is 23.2 Å².